The average Bonchev–Trinajstić information content (AvgIpc) is 3.01. The third-order valence-electron chi connectivity index (χ3n) is 3.07. The average molecular weight is 315 g/mol. The van der Waals surface area contributed by atoms with E-state index in [-0.39, 0.29) is 11.3 Å². The fraction of sp³-hybridized carbons (Fsp3) is 0. The lowest BCUT2D eigenvalue weighted by Gasteiger charge is -2.10. The fourth-order valence-electron chi connectivity index (χ4n) is 2.03. The van der Waals surface area contributed by atoms with Crippen LogP contribution in [-0.4, -0.2) is 21.3 Å². The van der Waals surface area contributed by atoms with Gasteiger partial charge in [0.1, 0.15) is 17.1 Å². The molecule has 0 unspecified atom stereocenters. The van der Waals surface area contributed by atoms with Crippen molar-refractivity contribution in [1.82, 2.24) is 10.2 Å². The summed E-state index contributed by atoms with van der Waals surface area (Å²) in [4.78, 5) is 11.5. The number of benzene rings is 2. The summed E-state index contributed by atoms with van der Waals surface area (Å²) in [5, 5.41) is 16.5. The molecule has 1 heterocycles. The number of aromatic carboxylic acids is 1. The molecule has 0 aliphatic heterocycles. The van der Waals surface area contributed by atoms with E-state index in [9.17, 15) is 9.90 Å². The third kappa shape index (κ3) is 2.94. The van der Waals surface area contributed by atoms with Gasteiger partial charge in [-0.1, -0.05) is 23.7 Å². The number of nitrogens with one attached hydrogen (secondary N) is 1. The summed E-state index contributed by atoms with van der Waals surface area (Å²) >= 11 is 5.90. The molecule has 6 heteroatoms. The molecule has 3 rings (SSSR count). The molecule has 5 nitrogen and oxygen atoms in total. The summed E-state index contributed by atoms with van der Waals surface area (Å²) in [6, 6.07) is 11.7. The summed E-state index contributed by atoms with van der Waals surface area (Å²) in [6.45, 7) is 0. The van der Waals surface area contributed by atoms with Crippen molar-refractivity contribution in [2.75, 3.05) is 0 Å². The Hall–Kier alpha value is -2.79. The van der Waals surface area contributed by atoms with Crippen LogP contribution in [0.5, 0.6) is 11.5 Å². The molecule has 110 valence electrons. The van der Waals surface area contributed by atoms with Crippen LogP contribution in [0.15, 0.2) is 54.9 Å². The van der Waals surface area contributed by atoms with Crippen molar-refractivity contribution in [3.8, 4) is 22.6 Å². The number of halogens is 1. The predicted octanol–water partition coefficient (Wildman–Crippen LogP) is 4.22. The van der Waals surface area contributed by atoms with Crippen LogP contribution < -0.4 is 4.74 Å². The first-order valence-corrected chi connectivity index (χ1v) is 6.81. The van der Waals surface area contributed by atoms with E-state index in [4.69, 9.17) is 16.3 Å². The van der Waals surface area contributed by atoms with Gasteiger partial charge in [0.15, 0.2) is 0 Å². The molecule has 0 amide bonds. The van der Waals surface area contributed by atoms with E-state index in [0.29, 0.717) is 10.8 Å². The minimum absolute atomic E-state index is 0.0682. The van der Waals surface area contributed by atoms with Crippen LogP contribution in [0.25, 0.3) is 11.1 Å². The van der Waals surface area contributed by atoms with Crippen molar-refractivity contribution in [2.24, 2.45) is 0 Å². The maximum atomic E-state index is 11.5. The van der Waals surface area contributed by atoms with E-state index in [0.717, 1.165) is 11.1 Å². The molecule has 0 aliphatic carbocycles. The van der Waals surface area contributed by atoms with Crippen LogP contribution in [0, 0.1) is 0 Å². The molecule has 3 aromatic rings. The minimum Gasteiger partial charge on any atom is -0.478 e. The van der Waals surface area contributed by atoms with Crippen LogP contribution in [0.1, 0.15) is 10.4 Å². The first-order chi connectivity index (χ1) is 10.6. The van der Waals surface area contributed by atoms with E-state index in [2.05, 4.69) is 10.2 Å². The highest BCUT2D eigenvalue weighted by atomic mass is 35.5. The van der Waals surface area contributed by atoms with Crippen LogP contribution >= 0.6 is 11.6 Å². The maximum absolute atomic E-state index is 11.5. The number of carboxylic acids is 1. The monoisotopic (exact) mass is 314 g/mol. The molecule has 0 saturated heterocycles. The number of aromatic amines is 1. The summed E-state index contributed by atoms with van der Waals surface area (Å²) in [5.41, 5.74) is 1.61. The molecule has 22 heavy (non-hydrogen) atoms. The van der Waals surface area contributed by atoms with Gasteiger partial charge in [0, 0.05) is 16.8 Å². The van der Waals surface area contributed by atoms with Crippen molar-refractivity contribution in [1.29, 1.82) is 0 Å². The van der Waals surface area contributed by atoms with Gasteiger partial charge in [-0.05, 0) is 35.9 Å². The van der Waals surface area contributed by atoms with Gasteiger partial charge in [0.05, 0.1) is 6.20 Å². The first kappa shape index (κ1) is 14.2. The SMILES string of the molecule is O=C(O)c1cc(-c2cn[nH]c2)ccc1Oc1cccc(Cl)c1. The standard InChI is InChI=1S/C16H11ClN2O3/c17-12-2-1-3-13(7-12)22-15-5-4-10(6-14(15)16(20)21)11-8-18-19-9-11/h1-9H,(H,18,19)(H,20,21). The molecule has 0 spiro atoms. The molecule has 2 aromatic carbocycles. The van der Waals surface area contributed by atoms with Gasteiger partial charge in [-0.15, -0.1) is 0 Å². The number of ether oxygens (including phenoxy) is 1. The van der Waals surface area contributed by atoms with E-state index in [1.807, 2.05) is 0 Å². The van der Waals surface area contributed by atoms with Crippen molar-refractivity contribution in [2.45, 2.75) is 0 Å². The number of carbonyl (C=O) groups is 1. The van der Waals surface area contributed by atoms with Gasteiger partial charge in [-0.2, -0.15) is 5.10 Å². The van der Waals surface area contributed by atoms with E-state index in [1.54, 1.807) is 54.9 Å². The summed E-state index contributed by atoms with van der Waals surface area (Å²) in [6.07, 6.45) is 3.32. The molecule has 2 N–H and O–H groups in total. The van der Waals surface area contributed by atoms with Crippen molar-refractivity contribution >= 4 is 17.6 Å². The Bertz CT molecular complexity index is 816. The van der Waals surface area contributed by atoms with Gasteiger partial charge in [0.25, 0.3) is 0 Å². The number of carboxylic acid groups (broad SMARTS) is 1. The summed E-state index contributed by atoms with van der Waals surface area (Å²) in [5.74, 6) is -0.338. The predicted molar refractivity (Wildman–Crippen MR) is 82.5 cm³/mol. The van der Waals surface area contributed by atoms with Gasteiger partial charge >= 0.3 is 5.97 Å². The zero-order chi connectivity index (χ0) is 15.5. The first-order valence-electron chi connectivity index (χ1n) is 6.43. The highest BCUT2D eigenvalue weighted by Gasteiger charge is 2.14. The van der Waals surface area contributed by atoms with Crippen LogP contribution in [-0.2, 0) is 0 Å². The second-order valence-corrected chi connectivity index (χ2v) is 5.00. The van der Waals surface area contributed by atoms with Crippen molar-refractivity contribution in [3.63, 3.8) is 0 Å². The molecule has 0 aliphatic rings. The highest BCUT2D eigenvalue weighted by Crippen LogP contribution is 2.30. The second-order valence-electron chi connectivity index (χ2n) is 4.56. The van der Waals surface area contributed by atoms with Gasteiger partial charge in [-0.25, -0.2) is 4.79 Å². The largest absolute Gasteiger partial charge is 0.478 e. The topological polar surface area (TPSA) is 75.2 Å². The molecule has 0 radical (unpaired) electrons. The van der Waals surface area contributed by atoms with Gasteiger partial charge in [-0.3, -0.25) is 5.10 Å². The molecule has 0 fully saturated rings. The van der Waals surface area contributed by atoms with Crippen LogP contribution in [0.3, 0.4) is 0 Å². The molecular weight excluding hydrogens is 304 g/mol. The lowest BCUT2D eigenvalue weighted by Crippen LogP contribution is -2.00. The van der Waals surface area contributed by atoms with Crippen LogP contribution in [0.4, 0.5) is 0 Å². The number of hydrogen-bond acceptors (Lipinski definition) is 3. The molecular formula is C16H11ClN2O3. The van der Waals surface area contributed by atoms with Crippen molar-refractivity contribution < 1.29 is 14.6 Å². The fourth-order valence-corrected chi connectivity index (χ4v) is 2.21. The Kier molecular flexibility index (Phi) is 3.80. The number of hydrogen-bond donors (Lipinski definition) is 2. The van der Waals surface area contributed by atoms with Crippen molar-refractivity contribution in [3.05, 3.63) is 65.4 Å². The van der Waals surface area contributed by atoms with Gasteiger partial charge in [0.2, 0.25) is 0 Å². The van der Waals surface area contributed by atoms with E-state index in [1.165, 1.54) is 0 Å². The Balaban J connectivity index is 1.99. The molecule has 0 saturated carbocycles. The summed E-state index contributed by atoms with van der Waals surface area (Å²) in [7, 11) is 0. The Morgan fingerprint density at radius 3 is 2.73 bits per heavy atom. The Labute approximate surface area is 131 Å². The zero-order valence-electron chi connectivity index (χ0n) is 11.3. The van der Waals surface area contributed by atoms with Crippen LogP contribution in [0.2, 0.25) is 5.02 Å². The quantitative estimate of drug-likeness (QED) is 0.756. The molecule has 1 aromatic heterocycles. The van der Waals surface area contributed by atoms with E-state index < -0.39 is 5.97 Å². The second kappa shape index (κ2) is 5.91. The number of rotatable bonds is 4. The lowest BCUT2D eigenvalue weighted by molar-refractivity contribution is 0.0694. The normalized spacial score (nSPS) is 10.4. The number of nitrogens with zero attached hydrogens (tertiary/aromatic N) is 1. The zero-order valence-corrected chi connectivity index (χ0v) is 12.0. The Morgan fingerprint density at radius 1 is 1.18 bits per heavy atom. The minimum atomic E-state index is -1.07. The molecule has 0 bridgehead atoms. The molecule has 0 atom stereocenters. The highest BCUT2D eigenvalue weighted by molar-refractivity contribution is 6.30. The third-order valence-corrected chi connectivity index (χ3v) is 3.30. The smallest absolute Gasteiger partial charge is 0.339 e. The lowest BCUT2D eigenvalue weighted by atomic mass is 10.1. The van der Waals surface area contributed by atoms with E-state index >= 15 is 0 Å². The number of H-pyrrole nitrogens is 1. The summed E-state index contributed by atoms with van der Waals surface area (Å²) < 4.78 is 5.64. The number of aromatic nitrogens is 2. The van der Waals surface area contributed by atoms with Gasteiger partial charge < -0.3 is 9.84 Å². The Morgan fingerprint density at radius 2 is 2.05 bits per heavy atom. The maximum Gasteiger partial charge on any atom is 0.339 e.